The Morgan fingerprint density at radius 2 is 2.00 bits per heavy atom. The molecule has 0 aromatic heterocycles. The van der Waals surface area contributed by atoms with Crippen LogP contribution in [0.3, 0.4) is 0 Å². The number of rotatable bonds is 4. The zero-order valence-corrected chi connectivity index (χ0v) is 10.3. The number of nitrogens with one attached hydrogen (secondary N) is 1. The van der Waals surface area contributed by atoms with E-state index in [2.05, 4.69) is 5.32 Å². The maximum absolute atomic E-state index is 11.7. The van der Waals surface area contributed by atoms with Gasteiger partial charge >= 0.3 is 0 Å². The number of Topliss-reactive ketones (excluding diaryl/α,β-unsaturated/α-hetero) is 1. The third-order valence-corrected chi connectivity index (χ3v) is 5.25. The summed E-state index contributed by atoms with van der Waals surface area (Å²) >= 11 is 0. The van der Waals surface area contributed by atoms with Gasteiger partial charge in [0.15, 0.2) is 9.84 Å². The highest BCUT2D eigenvalue weighted by Crippen LogP contribution is 2.30. The van der Waals surface area contributed by atoms with Gasteiger partial charge in [-0.25, -0.2) is 8.42 Å². The lowest BCUT2D eigenvalue weighted by molar-refractivity contribution is -0.120. The van der Waals surface area contributed by atoms with Crippen molar-refractivity contribution < 1.29 is 13.2 Å². The first-order chi connectivity index (χ1) is 7.55. The molecule has 1 aliphatic heterocycles. The van der Waals surface area contributed by atoms with Gasteiger partial charge in [-0.15, -0.1) is 0 Å². The maximum atomic E-state index is 11.7. The highest BCUT2D eigenvalue weighted by molar-refractivity contribution is 7.91. The molecule has 0 spiro atoms. The van der Waals surface area contributed by atoms with Crippen molar-refractivity contribution in [3.8, 4) is 0 Å². The highest BCUT2D eigenvalue weighted by atomic mass is 32.2. The normalized spacial score (nSPS) is 29.6. The van der Waals surface area contributed by atoms with Gasteiger partial charge < -0.3 is 5.32 Å². The molecule has 5 heteroatoms. The average Bonchev–Trinajstić information content (AvgIpc) is 2.10. The molecule has 4 nitrogen and oxygen atoms in total. The van der Waals surface area contributed by atoms with E-state index in [1.54, 1.807) is 0 Å². The summed E-state index contributed by atoms with van der Waals surface area (Å²) in [5.74, 6) is 1.14. The van der Waals surface area contributed by atoms with Crippen molar-refractivity contribution in [2.75, 3.05) is 18.1 Å². The SMILES string of the molecule is O=C(CC1CCC1)CC1CS(=O)(=O)CCN1. The van der Waals surface area contributed by atoms with Crippen LogP contribution in [0, 0.1) is 5.92 Å². The standard InChI is InChI=1S/C11H19NO3S/c13-11(6-9-2-1-3-9)7-10-8-16(14,15)5-4-12-10/h9-10,12H,1-8H2. The molecule has 2 fully saturated rings. The Bertz CT molecular complexity index is 359. The molecule has 1 aliphatic carbocycles. The van der Waals surface area contributed by atoms with Gasteiger partial charge in [0.25, 0.3) is 0 Å². The predicted octanol–water partition coefficient (Wildman–Crippen LogP) is 0.522. The zero-order valence-electron chi connectivity index (χ0n) is 9.44. The molecule has 0 radical (unpaired) electrons. The van der Waals surface area contributed by atoms with Crippen molar-refractivity contribution in [1.29, 1.82) is 0 Å². The van der Waals surface area contributed by atoms with Crippen molar-refractivity contribution in [3.63, 3.8) is 0 Å². The van der Waals surface area contributed by atoms with Crippen LogP contribution >= 0.6 is 0 Å². The second-order valence-corrected chi connectivity index (χ2v) is 7.24. The number of carbonyl (C=O) groups excluding carboxylic acids is 1. The molecular formula is C11H19NO3S. The predicted molar refractivity (Wildman–Crippen MR) is 62.0 cm³/mol. The summed E-state index contributed by atoms with van der Waals surface area (Å²) in [5, 5.41) is 3.11. The molecule has 1 heterocycles. The van der Waals surface area contributed by atoms with Crippen molar-refractivity contribution in [3.05, 3.63) is 0 Å². The summed E-state index contributed by atoms with van der Waals surface area (Å²) in [4.78, 5) is 11.7. The molecule has 1 saturated heterocycles. The number of hydrogen-bond acceptors (Lipinski definition) is 4. The van der Waals surface area contributed by atoms with E-state index in [1.807, 2.05) is 0 Å². The van der Waals surface area contributed by atoms with Crippen LogP contribution in [0.2, 0.25) is 0 Å². The first kappa shape index (κ1) is 12.0. The molecule has 0 bridgehead atoms. The summed E-state index contributed by atoms with van der Waals surface area (Å²) < 4.78 is 22.8. The van der Waals surface area contributed by atoms with E-state index in [-0.39, 0.29) is 23.3 Å². The Labute approximate surface area is 96.7 Å². The Balaban J connectivity index is 1.77. The molecule has 2 rings (SSSR count). The first-order valence-electron chi connectivity index (χ1n) is 6.01. The monoisotopic (exact) mass is 245 g/mol. The van der Waals surface area contributed by atoms with Crippen LogP contribution in [0.15, 0.2) is 0 Å². The lowest BCUT2D eigenvalue weighted by Crippen LogP contribution is -2.46. The number of sulfone groups is 1. The lowest BCUT2D eigenvalue weighted by atomic mass is 9.81. The molecule has 0 amide bonds. The minimum Gasteiger partial charge on any atom is -0.312 e. The Morgan fingerprint density at radius 3 is 2.56 bits per heavy atom. The van der Waals surface area contributed by atoms with Crippen molar-refractivity contribution >= 4 is 15.6 Å². The number of ketones is 1. The second-order valence-electron chi connectivity index (χ2n) is 5.01. The van der Waals surface area contributed by atoms with Gasteiger partial charge in [0.2, 0.25) is 0 Å². The van der Waals surface area contributed by atoms with E-state index in [1.165, 1.54) is 19.3 Å². The summed E-state index contributed by atoms with van der Waals surface area (Å²) in [6.07, 6.45) is 4.62. The molecule has 2 aliphatic rings. The molecule has 1 saturated carbocycles. The zero-order chi connectivity index (χ0) is 11.6. The number of carbonyl (C=O) groups is 1. The summed E-state index contributed by atoms with van der Waals surface area (Å²) in [6, 6.07) is -0.147. The van der Waals surface area contributed by atoms with Gasteiger partial charge in [-0.2, -0.15) is 0 Å². The molecule has 16 heavy (non-hydrogen) atoms. The quantitative estimate of drug-likeness (QED) is 0.784. The fourth-order valence-electron chi connectivity index (χ4n) is 2.38. The average molecular weight is 245 g/mol. The van der Waals surface area contributed by atoms with Gasteiger partial charge in [0.1, 0.15) is 5.78 Å². The summed E-state index contributed by atoms with van der Waals surface area (Å²) in [6.45, 7) is 0.490. The van der Waals surface area contributed by atoms with Gasteiger partial charge in [0, 0.05) is 25.4 Å². The second kappa shape index (κ2) is 4.84. The van der Waals surface area contributed by atoms with E-state index in [4.69, 9.17) is 0 Å². The summed E-state index contributed by atoms with van der Waals surface area (Å²) in [7, 11) is -2.91. The molecule has 1 atom stereocenters. The molecule has 1 unspecified atom stereocenters. The third-order valence-electron chi connectivity index (χ3n) is 3.52. The molecular weight excluding hydrogens is 226 g/mol. The largest absolute Gasteiger partial charge is 0.312 e. The topological polar surface area (TPSA) is 63.2 Å². The molecule has 0 aromatic carbocycles. The molecule has 1 N–H and O–H groups in total. The first-order valence-corrected chi connectivity index (χ1v) is 7.83. The Kier molecular flexibility index (Phi) is 3.64. The van der Waals surface area contributed by atoms with E-state index in [9.17, 15) is 13.2 Å². The van der Waals surface area contributed by atoms with Gasteiger partial charge in [-0.3, -0.25) is 4.79 Å². The molecule has 0 aromatic rings. The van der Waals surface area contributed by atoms with Crippen LogP contribution in [0.5, 0.6) is 0 Å². The van der Waals surface area contributed by atoms with Crippen LogP contribution in [0.25, 0.3) is 0 Å². The fraction of sp³-hybridized carbons (Fsp3) is 0.909. The summed E-state index contributed by atoms with van der Waals surface area (Å²) in [5.41, 5.74) is 0. The Morgan fingerprint density at radius 1 is 1.25 bits per heavy atom. The number of hydrogen-bond donors (Lipinski definition) is 1. The minimum absolute atomic E-state index is 0.128. The van der Waals surface area contributed by atoms with Gasteiger partial charge in [-0.1, -0.05) is 19.3 Å². The minimum atomic E-state index is -2.91. The van der Waals surface area contributed by atoms with Crippen molar-refractivity contribution in [1.82, 2.24) is 5.32 Å². The van der Waals surface area contributed by atoms with Crippen LogP contribution in [0.1, 0.15) is 32.1 Å². The van der Waals surface area contributed by atoms with Gasteiger partial charge in [-0.05, 0) is 5.92 Å². The lowest BCUT2D eigenvalue weighted by Gasteiger charge is -2.27. The van der Waals surface area contributed by atoms with Crippen molar-refractivity contribution in [2.24, 2.45) is 5.92 Å². The van der Waals surface area contributed by atoms with Crippen LogP contribution < -0.4 is 5.32 Å². The smallest absolute Gasteiger partial charge is 0.153 e. The van der Waals surface area contributed by atoms with Crippen LogP contribution in [-0.2, 0) is 14.6 Å². The van der Waals surface area contributed by atoms with Crippen LogP contribution in [-0.4, -0.2) is 38.3 Å². The maximum Gasteiger partial charge on any atom is 0.153 e. The van der Waals surface area contributed by atoms with Crippen molar-refractivity contribution in [2.45, 2.75) is 38.1 Å². The molecule has 92 valence electrons. The van der Waals surface area contributed by atoms with E-state index < -0.39 is 9.84 Å². The van der Waals surface area contributed by atoms with E-state index >= 15 is 0 Å². The van der Waals surface area contributed by atoms with Gasteiger partial charge in [0.05, 0.1) is 11.5 Å². The van der Waals surface area contributed by atoms with Crippen LogP contribution in [0.4, 0.5) is 0 Å². The Hall–Kier alpha value is -0.420. The van der Waals surface area contributed by atoms with E-state index in [0.717, 1.165) is 0 Å². The third kappa shape index (κ3) is 3.28. The highest BCUT2D eigenvalue weighted by Gasteiger charge is 2.27. The fourth-order valence-corrected chi connectivity index (χ4v) is 3.82. The van der Waals surface area contributed by atoms with E-state index in [0.29, 0.717) is 25.3 Å².